The molecule has 0 atom stereocenters. The van der Waals surface area contributed by atoms with Crippen LogP contribution in [0, 0.1) is 5.41 Å². The largest absolute Gasteiger partial charge is 0.481 e. The van der Waals surface area contributed by atoms with E-state index in [1.165, 1.54) is 0 Å². The number of rotatable bonds is 8. The van der Waals surface area contributed by atoms with Crippen molar-refractivity contribution in [2.24, 2.45) is 5.41 Å². The van der Waals surface area contributed by atoms with Gasteiger partial charge in [-0.15, -0.1) is 0 Å². The third-order valence-electron chi connectivity index (χ3n) is 2.39. The summed E-state index contributed by atoms with van der Waals surface area (Å²) in [5.74, 6) is -1.27. The molecule has 6 nitrogen and oxygen atoms in total. The molecule has 0 aliphatic rings. The highest BCUT2D eigenvalue weighted by Gasteiger charge is 2.25. The molecule has 0 fully saturated rings. The number of carbonyl (C=O) groups excluding carboxylic acids is 2. The molecule has 6 heteroatoms. The van der Waals surface area contributed by atoms with Gasteiger partial charge in [0.2, 0.25) is 11.8 Å². The molecule has 2 amide bonds. The van der Waals surface area contributed by atoms with Gasteiger partial charge in [-0.05, 0) is 19.3 Å². The van der Waals surface area contributed by atoms with Crippen LogP contribution in [0.5, 0.6) is 0 Å². The number of hydrogen-bond donors (Lipinski definition) is 3. The fourth-order valence-corrected chi connectivity index (χ4v) is 1.68. The molecule has 0 heterocycles. The van der Waals surface area contributed by atoms with Gasteiger partial charge in [0.1, 0.15) is 0 Å². The first-order valence-electron chi connectivity index (χ1n) is 6.40. The molecular weight excluding hydrogens is 248 g/mol. The molecule has 0 aromatic rings. The second-order valence-corrected chi connectivity index (χ2v) is 5.73. The van der Waals surface area contributed by atoms with Crippen molar-refractivity contribution in [2.45, 2.75) is 53.0 Å². The number of aliphatic carboxylic acids is 1. The number of carbonyl (C=O) groups is 3. The summed E-state index contributed by atoms with van der Waals surface area (Å²) in [7, 11) is 0. The Morgan fingerprint density at radius 2 is 1.68 bits per heavy atom. The van der Waals surface area contributed by atoms with E-state index in [0.717, 1.165) is 0 Å². The summed E-state index contributed by atoms with van der Waals surface area (Å²) in [6.07, 6.45) is 0.294. The van der Waals surface area contributed by atoms with Crippen LogP contribution in [0.3, 0.4) is 0 Å². The summed E-state index contributed by atoms with van der Waals surface area (Å²) < 4.78 is 0. The Hall–Kier alpha value is -1.59. The standard InChI is InChI=1S/C13H24N2O4/c1-9(2)15-10(16)5-6-14-11(17)7-13(3,4)8-12(18)19/h9H,5-8H2,1-4H3,(H,14,17)(H,15,16)(H,18,19). The zero-order chi connectivity index (χ0) is 15.1. The van der Waals surface area contributed by atoms with Gasteiger partial charge in [0.15, 0.2) is 0 Å². The summed E-state index contributed by atoms with van der Waals surface area (Å²) in [5, 5.41) is 14.1. The van der Waals surface area contributed by atoms with Crippen LogP contribution in [0.1, 0.15) is 47.0 Å². The van der Waals surface area contributed by atoms with Crippen LogP contribution in [0.15, 0.2) is 0 Å². The van der Waals surface area contributed by atoms with Crippen LogP contribution < -0.4 is 10.6 Å². The van der Waals surface area contributed by atoms with Crippen LogP contribution in [-0.2, 0) is 14.4 Å². The van der Waals surface area contributed by atoms with Gasteiger partial charge in [0.05, 0.1) is 6.42 Å². The van der Waals surface area contributed by atoms with E-state index in [-0.39, 0.29) is 43.7 Å². The van der Waals surface area contributed by atoms with Gasteiger partial charge in [-0.3, -0.25) is 14.4 Å². The van der Waals surface area contributed by atoms with Gasteiger partial charge in [0, 0.05) is 25.4 Å². The van der Waals surface area contributed by atoms with Crippen molar-refractivity contribution >= 4 is 17.8 Å². The third-order valence-corrected chi connectivity index (χ3v) is 2.39. The molecule has 0 bridgehead atoms. The lowest BCUT2D eigenvalue weighted by Crippen LogP contribution is -2.35. The van der Waals surface area contributed by atoms with Gasteiger partial charge in [-0.1, -0.05) is 13.8 Å². The van der Waals surface area contributed by atoms with Gasteiger partial charge in [-0.25, -0.2) is 0 Å². The predicted octanol–water partition coefficient (Wildman–Crippen LogP) is 0.908. The molecule has 0 radical (unpaired) electrons. The average molecular weight is 272 g/mol. The number of carboxylic acid groups (broad SMARTS) is 1. The van der Waals surface area contributed by atoms with Crippen molar-refractivity contribution in [3.63, 3.8) is 0 Å². The molecular formula is C13H24N2O4. The molecule has 0 saturated heterocycles. The van der Waals surface area contributed by atoms with Gasteiger partial charge < -0.3 is 15.7 Å². The number of carboxylic acids is 1. The third kappa shape index (κ3) is 10.1. The minimum atomic E-state index is -0.922. The normalized spacial score (nSPS) is 11.2. The molecule has 110 valence electrons. The van der Waals surface area contributed by atoms with E-state index in [1.54, 1.807) is 13.8 Å². The first-order chi connectivity index (χ1) is 8.62. The first kappa shape index (κ1) is 17.4. The smallest absolute Gasteiger partial charge is 0.303 e. The number of hydrogen-bond acceptors (Lipinski definition) is 3. The van der Waals surface area contributed by atoms with Crippen LogP contribution in [0.2, 0.25) is 0 Å². The average Bonchev–Trinajstić information content (AvgIpc) is 2.12. The van der Waals surface area contributed by atoms with E-state index in [4.69, 9.17) is 5.11 Å². The minimum Gasteiger partial charge on any atom is -0.481 e. The summed E-state index contributed by atoms with van der Waals surface area (Å²) >= 11 is 0. The van der Waals surface area contributed by atoms with Crippen molar-refractivity contribution in [1.82, 2.24) is 10.6 Å². The van der Waals surface area contributed by atoms with Crippen molar-refractivity contribution in [1.29, 1.82) is 0 Å². The zero-order valence-electron chi connectivity index (χ0n) is 12.1. The Morgan fingerprint density at radius 3 is 2.16 bits per heavy atom. The fraction of sp³-hybridized carbons (Fsp3) is 0.769. The van der Waals surface area contributed by atoms with Gasteiger partial charge in [-0.2, -0.15) is 0 Å². The maximum absolute atomic E-state index is 11.6. The van der Waals surface area contributed by atoms with Crippen LogP contribution in [0.25, 0.3) is 0 Å². The Morgan fingerprint density at radius 1 is 1.11 bits per heavy atom. The van der Waals surface area contributed by atoms with Crippen molar-refractivity contribution in [3.05, 3.63) is 0 Å². The van der Waals surface area contributed by atoms with Crippen LogP contribution in [0.4, 0.5) is 0 Å². The van der Waals surface area contributed by atoms with E-state index in [1.807, 2.05) is 13.8 Å². The van der Waals surface area contributed by atoms with E-state index in [0.29, 0.717) is 0 Å². The van der Waals surface area contributed by atoms with E-state index in [9.17, 15) is 14.4 Å². The SMILES string of the molecule is CC(C)NC(=O)CCNC(=O)CC(C)(C)CC(=O)O. The second kappa shape index (κ2) is 7.76. The van der Waals surface area contributed by atoms with Crippen molar-refractivity contribution in [3.8, 4) is 0 Å². The monoisotopic (exact) mass is 272 g/mol. The van der Waals surface area contributed by atoms with Gasteiger partial charge in [0.25, 0.3) is 0 Å². The predicted molar refractivity (Wildman–Crippen MR) is 71.6 cm³/mol. The van der Waals surface area contributed by atoms with E-state index in [2.05, 4.69) is 10.6 Å². The molecule has 0 saturated carbocycles. The molecule has 0 aliphatic heterocycles. The van der Waals surface area contributed by atoms with E-state index < -0.39 is 11.4 Å². The number of amides is 2. The maximum Gasteiger partial charge on any atom is 0.303 e. The number of nitrogens with one attached hydrogen (secondary N) is 2. The molecule has 19 heavy (non-hydrogen) atoms. The first-order valence-corrected chi connectivity index (χ1v) is 6.40. The summed E-state index contributed by atoms with van der Waals surface area (Å²) in [6.45, 7) is 7.45. The molecule has 0 aliphatic carbocycles. The molecule has 0 aromatic carbocycles. The molecule has 0 unspecified atom stereocenters. The lowest BCUT2D eigenvalue weighted by molar-refractivity contribution is -0.139. The van der Waals surface area contributed by atoms with Crippen molar-refractivity contribution in [2.75, 3.05) is 6.54 Å². The highest BCUT2D eigenvalue weighted by atomic mass is 16.4. The summed E-state index contributed by atoms with van der Waals surface area (Å²) in [5.41, 5.74) is -0.587. The maximum atomic E-state index is 11.6. The highest BCUT2D eigenvalue weighted by Crippen LogP contribution is 2.24. The second-order valence-electron chi connectivity index (χ2n) is 5.73. The highest BCUT2D eigenvalue weighted by molar-refractivity contribution is 5.80. The minimum absolute atomic E-state index is 0.0613. The summed E-state index contributed by atoms with van der Waals surface area (Å²) in [4.78, 5) is 33.6. The van der Waals surface area contributed by atoms with Crippen molar-refractivity contribution < 1.29 is 19.5 Å². The Labute approximate surface area is 113 Å². The van der Waals surface area contributed by atoms with Gasteiger partial charge >= 0.3 is 5.97 Å². The lowest BCUT2D eigenvalue weighted by atomic mass is 9.85. The zero-order valence-corrected chi connectivity index (χ0v) is 12.1. The topological polar surface area (TPSA) is 95.5 Å². The Balaban J connectivity index is 3.93. The lowest BCUT2D eigenvalue weighted by Gasteiger charge is -2.21. The molecule has 0 spiro atoms. The van der Waals surface area contributed by atoms with Crippen LogP contribution in [-0.4, -0.2) is 35.5 Å². The fourth-order valence-electron chi connectivity index (χ4n) is 1.68. The molecule has 0 rings (SSSR count). The van der Waals surface area contributed by atoms with Crippen LogP contribution >= 0.6 is 0 Å². The Bertz CT molecular complexity index is 338. The molecule has 3 N–H and O–H groups in total. The quantitative estimate of drug-likeness (QED) is 0.612. The van der Waals surface area contributed by atoms with E-state index >= 15 is 0 Å². The Kier molecular flexibility index (Phi) is 7.11. The summed E-state index contributed by atoms with van der Waals surface area (Å²) in [6, 6.07) is 0.0812. The molecule has 0 aromatic heterocycles.